The maximum Gasteiger partial charge on any atom is 0.225 e. The zero-order chi connectivity index (χ0) is 20.2. The molecule has 0 bridgehead atoms. The molecule has 1 saturated carbocycles. The molecule has 1 aliphatic carbocycles. The average molecular weight is 416 g/mol. The van der Waals surface area contributed by atoms with Crippen LogP contribution in [0.3, 0.4) is 0 Å². The van der Waals surface area contributed by atoms with E-state index >= 15 is 0 Å². The predicted octanol–water partition coefficient (Wildman–Crippen LogP) is 3.32. The van der Waals surface area contributed by atoms with Gasteiger partial charge in [-0.2, -0.15) is 0 Å². The van der Waals surface area contributed by atoms with Gasteiger partial charge >= 0.3 is 0 Å². The van der Waals surface area contributed by atoms with E-state index < -0.39 is 0 Å². The summed E-state index contributed by atoms with van der Waals surface area (Å²) >= 11 is 6.14. The topological polar surface area (TPSA) is 72.5 Å². The maximum absolute atomic E-state index is 12.6. The number of rotatable bonds is 5. The molecule has 1 aromatic carbocycles. The summed E-state index contributed by atoms with van der Waals surface area (Å²) in [5.74, 6) is 1.41. The average Bonchev–Trinajstić information content (AvgIpc) is 3.48. The first-order valence-corrected chi connectivity index (χ1v) is 11.0. The minimum Gasteiger partial charge on any atom is -0.361 e. The van der Waals surface area contributed by atoms with Crippen molar-refractivity contribution < 1.29 is 4.79 Å². The second kappa shape index (κ2) is 9.08. The predicted molar refractivity (Wildman–Crippen MR) is 118 cm³/mol. The van der Waals surface area contributed by atoms with Crippen molar-refractivity contribution >= 4 is 34.4 Å². The molecule has 7 heteroatoms. The second-order valence-electron chi connectivity index (χ2n) is 8.15. The number of aromatic nitrogens is 1. The van der Waals surface area contributed by atoms with E-state index in [1.54, 1.807) is 7.05 Å². The van der Waals surface area contributed by atoms with Gasteiger partial charge in [-0.15, -0.1) is 0 Å². The lowest BCUT2D eigenvalue weighted by Gasteiger charge is -2.21. The standard InChI is InChI=1S/C22H30ClN5O/c1-24-22(25-10-8-16-13-26-20-7-6-17(23)12-19(16)20)27-18-9-11-28(14-18)21(29)15-4-2-3-5-15/h6-7,12-13,15,18,26H,2-5,8-11,14H2,1H3,(H2,24,25,27). The molecule has 2 fully saturated rings. The first-order valence-electron chi connectivity index (χ1n) is 10.7. The Labute approximate surface area is 177 Å². The summed E-state index contributed by atoms with van der Waals surface area (Å²) in [6.45, 7) is 2.40. The van der Waals surface area contributed by atoms with E-state index in [4.69, 9.17) is 11.6 Å². The molecule has 29 heavy (non-hydrogen) atoms. The molecule has 0 radical (unpaired) electrons. The van der Waals surface area contributed by atoms with E-state index in [1.807, 2.05) is 29.3 Å². The number of hydrogen-bond donors (Lipinski definition) is 3. The molecule has 2 aliphatic rings. The minimum absolute atomic E-state index is 0.260. The van der Waals surface area contributed by atoms with Crippen molar-refractivity contribution in [1.29, 1.82) is 0 Å². The van der Waals surface area contributed by atoms with Gasteiger partial charge in [0, 0.05) is 60.8 Å². The van der Waals surface area contributed by atoms with E-state index in [0.717, 1.165) is 61.8 Å². The summed E-state index contributed by atoms with van der Waals surface area (Å²) in [5.41, 5.74) is 2.34. The summed E-state index contributed by atoms with van der Waals surface area (Å²) in [6, 6.07) is 6.17. The van der Waals surface area contributed by atoms with Crippen LogP contribution < -0.4 is 10.6 Å². The van der Waals surface area contributed by atoms with Crippen LogP contribution in [0, 0.1) is 5.92 Å². The third kappa shape index (κ3) is 4.69. The van der Waals surface area contributed by atoms with E-state index in [9.17, 15) is 4.79 Å². The molecule has 1 amide bonds. The first-order chi connectivity index (χ1) is 14.1. The summed E-state index contributed by atoms with van der Waals surface area (Å²) < 4.78 is 0. The molecular formula is C22H30ClN5O. The van der Waals surface area contributed by atoms with Gasteiger partial charge in [0.05, 0.1) is 0 Å². The van der Waals surface area contributed by atoms with Crippen LogP contribution in [0.5, 0.6) is 0 Å². The molecule has 1 saturated heterocycles. The summed E-state index contributed by atoms with van der Waals surface area (Å²) in [7, 11) is 1.79. The van der Waals surface area contributed by atoms with Gasteiger partial charge in [0.25, 0.3) is 0 Å². The lowest BCUT2D eigenvalue weighted by atomic mass is 10.1. The van der Waals surface area contributed by atoms with Crippen LogP contribution in [0.25, 0.3) is 10.9 Å². The quantitative estimate of drug-likeness (QED) is 0.518. The Morgan fingerprint density at radius 2 is 2.14 bits per heavy atom. The Morgan fingerprint density at radius 3 is 2.93 bits per heavy atom. The number of amides is 1. The molecule has 3 N–H and O–H groups in total. The number of nitrogens with zero attached hydrogens (tertiary/aromatic N) is 2. The third-order valence-electron chi connectivity index (χ3n) is 6.19. The Kier molecular flexibility index (Phi) is 6.28. The Hall–Kier alpha value is -2.21. The number of aromatic amines is 1. The van der Waals surface area contributed by atoms with Gasteiger partial charge in [-0.1, -0.05) is 24.4 Å². The fourth-order valence-corrected chi connectivity index (χ4v) is 4.74. The van der Waals surface area contributed by atoms with Crippen molar-refractivity contribution in [3.8, 4) is 0 Å². The van der Waals surface area contributed by atoms with Crippen LogP contribution in [-0.4, -0.2) is 54.5 Å². The van der Waals surface area contributed by atoms with Crippen molar-refractivity contribution in [2.75, 3.05) is 26.7 Å². The largest absolute Gasteiger partial charge is 0.361 e. The molecule has 0 spiro atoms. The summed E-state index contributed by atoms with van der Waals surface area (Å²) in [6.07, 6.45) is 8.42. The molecule has 4 rings (SSSR count). The molecule has 1 unspecified atom stereocenters. The number of likely N-dealkylation sites (tertiary alicyclic amines) is 1. The number of carbonyl (C=O) groups excluding carboxylic acids is 1. The Morgan fingerprint density at radius 1 is 1.31 bits per heavy atom. The van der Waals surface area contributed by atoms with Crippen molar-refractivity contribution in [3.05, 3.63) is 35.0 Å². The normalized spacial score (nSPS) is 20.6. The van der Waals surface area contributed by atoms with Crippen LogP contribution in [0.1, 0.15) is 37.7 Å². The molecule has 1 atom stereocenters. The molecule has 2 aromatic rings. The van der Waals surface area contributed by atoms with Crippen molar-refractivity contribution in [2.45, 2.75) is 44.6 Å². The lowest BCUT2D eigenvalue weighted by Crippen LogP contribution is -2.45. The minimum atomic E-state index is 0.260. The number of hydrogen-bond acceptors (Lipinski definition) is 2. The summed E-state index contributed by atoms with van der Waals surface area (Å²) in [4.78, 5) is 22.3. The van der Waals surface area contributed by atoms with Crippen LogP contribution >= 0.6 is 11.6 Å². The molecular weight excluding hydrogens is 386 g/mol. The van der Waals surface area contributed by atoms with Gasteiger partial charge in [-0.3, -0.25) is 9.79 Å². The van der Waals surface area contributed by atoms with Crippen molar-refractivity contribution in [1.82, 2.24) is 20.5 Å². The van der Waals surface area contributed by atoms with Gasteiger partial charge in [0.2, 0.25) is 5.91 Å². The second-order valence-corrected chi connectivity index (χ2v) is 8.58. The van der Waals surface area contributed by atoms with Gasteiger partial charge in [-0.05, 0) is 49.4 Å². The van der Waals surface area contributed by atoms with Crippen LogP contribution in [0.2, 0.25) is 5.02 Å². The smallest absolute Gasteiger partial charge is 0.225 e. The van der Waals surface area contributed by atoms with E-state index in [2.05, 4.69) is 20.6 Å². The van der Waals surface area contributed by atoms with Crippen molar-refractivity contribution in [2.24, 2.45) is 10.9 Å². The number of fused-ring (bicyclic) bond motifs is 1. The number of guanidine groups is 1. The molecule has 1 aliphatic heterocycles. The number of benzene rings is 1. The Balaban J connectivity index is 1.25. The highest BCUT2D eigenvalue weighted by Crippen LogP contribution is 2.28. The number of carbonyl (C=O) groups is 1. The molecule has 1 aromatic heterocycles. The summed E-state index contributed by atoms with van der Waals surface area (Å²) in [5, 5.41) is 8.80. The maximum atomic E-state index is 12.6. The van der Waals surface area contributed by atoms with Crippen molar-refractivity contribution in [3.63, 3.8) is 0 Å². The SMILES string of the molecule is CN=C(NCCc1c[nH]c2ccc(Cl)cc12)NC1CCN(C(=O)C2CCCC2)C1. The third-order valence-corrected chi connectivity index (χ3v) is 6.42. The van der Waals surface area contributed by atoms with E-state index in [0.29, 0.717) is 5.91 Å². The van der Waals surface area contributed by atoms with E-state index in [1.165, 1.54) is 23.8 Å². The first kappa shape index (κ1) is 20.1. The van der Waals surface area contributed by atoms with Crippen LogP contribution in [0.4, 0.5) is 0 Å². The number of halogens is 1. The van der Waals surface area contributed by atoms with Crippen LogP contribution in [-0.2, 0) is 11.2 Å². The van der Waals surface area contributed by atoms with Gasteiger partial charge < -0.3 is 20.5 Å². The highest BCUT2D eigenvalue weighted by atomic mass is 35.5. The molecule has 156 valence electrons. The Bertz CT molecular complexity index is 886. The lowest BCUT2D eigenvalue weighted by molar-refractivity contribution is -0.134. The van der Waals surface area contributed by atoms with Gasteiger partial charge in [-0.25, -0.2) is 0 Å². The van der Waals surface area contributed by atoms with Gasteiger partial charge in [0.15, 0.2) is 5.96 Å². The number of aliphatic imine (C=N–C) groups is 1. The highest BCUT2D eigenvalue weighted by molar-refractivity contribution is 6.31. The fraction of sp³-hybridized carbons (Fsp3) is 0.545. The monoisotopic (exact) mass is 415 g/mol. The number of H-pyrrole nitrogens is 1. The van der Waals surface area contributed by atoms with E-state index in [-0.39, 0.29) is 12.0 Å². The zero-order valence-electron chi connectivity index (χ0n) is 17.0. The zero-order valence-corrected chi connectivity index (χ0v) is 17.8. The van der Waals surface area contributed by atoms with Gasteiger partial charge in [0.1, 0.15) is 0 Å². The molecule has 2 heterocycles. The number of nitrogens with one attached hydrogen (secondary N) is 3. The fourth-order valence-electron chi connectivity index (χ4n) is 4.57. The molecule has 6 nitrogen and oxygen atoms in total. The van der Waals surface area contributed by atoms with Crippen LogP contribution in [0.15, 0.2) is 29.4 Å². The highest BCUT2D eigenvalue weighted by Gasteiger charge is 2.32.